The Morgan fingerprint density at radius 1 is 0.514 bits per heavy atom. The molecule has 0 aliphatic rings. The van der Waals surface area contributed by atoms with Gasteiger partial charge in [0.15, 0.2) is 46.4 Å². The summed E-state index contributed by atoms with van der Waals surface area (Å²) in [5.41, 5.74) is 3.54. The topological polar surface area (TPSA) is 415 Å². The molecule has 20 N–H and O–H groups in total. The van der Waals surface area contributed by atoms with E-state index >= 15 is 0 Å². The van der Waals surface area contributed by atoms with Crippen molar-refractivity contribution in [3.05, 3.63) is 94.0 Å². The van der Waals surface area contributed by atoms with Gasteiger partial charge in [-0.05, 0) is 94.5 Å². The first kappa shape index (κ1) is 73.3. The molecule has 21 nitrogen and oxygen atoms in total. The van der Waals surface area contributed by atoms with Crippen LogP contribution in [0.2, 0.25) is 0 Å². The van der Waals surface area contributed by atoms with E-state index in [9.17, 15) is 35.7 Å². The number of methoxy groups -OCH3 is 3. The van der Waals surface area contributed by atoms with E-state index in [-0.39, 0.29) is 84.7 Å². The number of aryl methyl sites for hydroxylation is 1. The van der Waals surface area contributed by atoms with Gasteiger partial charge in [-0.3, -0.25) is 0 Å². The van der Waals surface area contributed by atoms with Crippen LogP contribution in [0.1, 0.15) is 123 Å². The van der Waals surface area contributed by atoms with E-state index in [1.165, 1.54) is 75.9 Å². The smallest absolute Gasteiger partial charge is 0.504 e. The van der Waals surface area contributed by atoms with Gasteiger partial charge in [0.25, 0.3) is 0 Å². The second-order valence-electron chi connectivity index (χ2n) is 18.9. The minimum atomic E-state index is -1.13. The van der Waals surface area contributed by atoms with Crippen LogP contribution in [0.25, 0.3) is 0 Å². The Hall–Kier alpha value is -5.24. The molecule has 0 saturated carbocycles. The molecular formula is C51H88O21+2. The number of benzene rings is 4. The van der Waals surface area contributed by atoms with Crippen molar-refractivity contribution >= 4 is 0 Å². The van der Waals surface area contributed by atoms with Gasteiger partial charge in [-0.1, -0.05) is 67.5 Å². The minimum absolute atomic E-state index is 0. The second kappa shape index (κ2) is 36.6. The van der Waals surface area contributed by atoms with Crippen LogP contribution in [0.5, 0.6) is 46.0 Å². The molecule has 0 spiro atoms. The van der Waals surface area contributed by atoms with Crippen LogP contribution in [0, 0.1) is 10.8 Å². The average Bonchev–Trinajstić information content (AvgIpc) is 3.28. The predicted octanol–water partition coefficient (Wildman–Crippen LogP) is 3.65. The standard InChI is InChI=1S/C23H32O10.2C9H12O4.2C5H12.3H2O/c1-30-18-8-14(7-16(10-25)22(18)29)23(20(12-27)32-3)33-17-5-4-13(6-15(17)9-24)21(28)19(11-26)31-2;10-4-3-7(11)6-1-2-8(12)9(13)5-6;10-3-1-2-6-4-7(11)9(13)8(12)5-6;2*1-5(2,3)4;;;/h4-8,19-21,23-29H,9-12H2,1-3H3;1-2,5,7,10-13H,3-4H2;4-5,10-13H,1-3H2;2*1-4H3;3*1H2/p+2. The summed E-state index contributed by atoms with van der Waals surface area (Å²) in [7, 11) is 4.13. The van der Waals surface area contributed by atoms with E-state index in [0.29, 0.717) is 51.5 Å². The van der Waals surface area contributed by atoms with E-state index in [1.54, 1.807) is 6.07 Å². The van der Waals surface area contributed by atoms with E-state index in [4.69, 9.17) is 54.7 Å². The van der Waals surface area contributed by atoms with Gasteiger partial charge in [-0.2, -0.15) is 0 Å². The van der Waals surface area contributed by atoms with Crippen LogP contribution in [-0.4, -0.2) is 148 Å². The molecule has 0 aliphatic heterocycles. The second-order valence-corrected chi connectivity index (χ2v) is 18.9. The fourth-order valence-electron chi connectivity index (χ4n) is 5.58. The lowest BCUT2D eigenvalue weighted by atomic mass is 9.99. The van der Waals surface area contributed by atoms with Crippen molar-refractivity contribution in [2.24, 2.45) is 10.8 Å². The van der Waals surface area contributed by atoms with E-state index in [0.717, 1.165) is 0 Å². The highest BCUT2D eigenvalue weighted by molar-refractivity contribution is 5.51. The largest absolute Gasteiger partial charge is 1.00 e. The van der Waals surface area contributed by atoms with Crippen LogP contribution in [0.15, 0.2) is 60.7 Å². The molecule has 72 heavy (non-hydrogen) atoms. The van der Waals surface area contributed by atoms with Gasteiger partial charge in [-0.25, -0.2) is 0 Å². The van der Waals surface area contributed by atoms with Crippen molar-refractivity contribution in [3.8, 4) is 46.0 Å². The van der Waals surface area contributed by atoms with E-state index in [1.807, 2.05) is 0 Å². The molecule has 0 fully saturated rings. The first-order chi connectivity index (χ1) is 32.2. The maximum atomic E-state index is 10.4. The van der Waals surface area contributed by atoms with Gasteiger partial charge < -0.3 is 107 Å². The molecule has 4 rings (SSSR count). The van der Waals surface area contributed by atoms with Crippen LogP contribution in [0.3, 0.4) is 0 Å². The lowest BCUT2D eigenvalue weighted by molar-refractivity contribution is -0.0426. The van der Waals surface area contributed by atoms with Gasteiger partial charge >= 0.3 is 2.85 Å². The Balaban J connectivity index is -0.000000233. The predicted molar refractivity (Wildman–Crippen MR) is 274 cm³/mol. The third kappa shape index (κ3) is 27.5. The molecule has 0 amide bonds. The lowest BCUT2D eigenvalue weighted by Gasteiger charge is -2.28. The Labute approximate surface area is 425 Å². The number of hydrogen-bond donors (Lipinski definition) is 14. The molecule has 0 bridgehead atoms. The first-order valence-electron chi connectivity index (χ1n) is 22.2. The normalized spacial score (nSPS) is 12.7. The van der Waals surface area contributed by atoms with Crippen molar-refractivity contribution in [3.63, 3.8) is 0 Å². The number of aliphatic hydroxyl groups is 8. The molecule has 416 valence electrons. The van der Waals surface area contributed by atoms with Crippen LogP contribution in [-0.2, 0) is 29.1 Å². The summed E-state index contributed by atoms with van der Waals surface area (Å²) in [6.07, 6.45) is -3.21. The fourth-order valence-corrected chi connectivity index (χ4v) is 5.58. The number of hydrogen-bond acceptors (Lipinski definition) is 18. The molecule has 5 atom stereocenters. The van der Waals surface area contributed by atoms with Crippen LogP contribution < -0.4 is 9.47 Å². The third-order valence-corrected chi connectivity index (χ3v) is 8.94. The highest BCUT2D eigenvalue weighted by Crippen LogP contribution is 2.38. The summed E-state index contributed by atoms with van der Waals surface area (Å²) in [4.78, 5) is 0. The molecule has 0 heterocycles. The van der Waals surface area contributed by atoms with Gasteiger partial charge in [0, 0.05) is 45.0 Å². The van der Waals surface area contributed by atoms with Crippen LogP contribution >= 0.6 is 0 Å². The third-order valence-electron chi connectivity index (χ3n) is 8.94. The number of phenols is 6. The van der Waals surface area contributed by atoms with Gasteiger partial charge in [0.1, 0.15) is 24.1 Å². The SMILES string of the molecule is CC(C)(C)C.CC(C)(C)C.COc1cc(C(Oc2ccc(C(O)C(CO)OC)cc2CO)C(CO)OC)cc(CO)c1O.O.O.O.OCCC(O)c1ccc(O)c(O)c1.OCCCc1cc(O)c(O)c(O)c1.[H+].[H+]. The quantitative estimate of drug-likeness (QED) is 0.0596. The summed E-state index contributed by atoms with van der Waals surface area (Å²) in [5, 5.41) is 131. The minimum Gasteiger partial charge on any atom is -0.504 e. The zero-order valence-electron chi connectivity index (χ0n) is 45.4. The maximum absolute atomic E-state index is 10.4. The molecular weight excluding hydrogens is 949 g/mol. The van der Waals surface area contributed by atoms with Crippen LogP contribution in [0.4, 0.5) is 0 Å². The zero-order chi connectivity index (χ0) is 53.2. The van der Waals surface area contributed by atoms with Gasteiger partial charge in [0.05, 0.1) is 39.6 Å². The highest BCUT2D eigenvalue weighted by atomic mass is 16.5. The number of ether oxygens (including phenoxy) is 4. The fraction of sp³-hybridized carbons (Fsp3) is 0.529. The molecule has 21 heteroatoms. The monoisotopic (exact) mass is 1040 g/mol. The van der Waals surface area contributed by atoms with Gasteiger partial charge in [-0.15, -0.1) is 0 Å². The molecule has 5 unspecified atom stereocenters. The zero-order valence-corrected chi connectivity index (χ0v) is 43.4. The molecule has 0 saturated heterocycles. The van der Waals surface area contributed by atoms with Crippen molar-refractivity contribution in [1.29, 1.82) is 0 Å². The maximum Gasteiger partial charge on any atom is 1.00 e. The molecule has 0 radical (unpaired) electrons. The first-order valence-corrected chi connectivity index (χ1v) is 22.2. The van der Waals surface area contributed by atoms with Crippen molar-refractivity contribution in [1.82, 2.24) is 0 Å². The lowest BCUT2D eigenvalue weighted by Crippen LogP contribution is -2.29. The van der Waals surface area contributed by atoms with Gasteiger partial charge in [0.2, 0.25) is 0 Å². The summed E-state index contributed by atoms with van der Waals surface area (Å²) < 4.78 is 21.8. The Kier molecular flexibility index (Phi) is 37.3. The Bertz CT molecular complexity index is 1980. The molecule has 0 aliphatic carbocycles. The summed E-state index contributed by atoms with van der Waals surface area (Å²) >= 11 is 0. The molecule has 4 aromatic carbocycles. The number of aliphatic hydroxyl groups excluding tert-OH is 8. The Morgan fingerprint density at radius 2 is 1.00 bits per heavy atom. The molecule has 0 aromatic heterocycles. The number of phenolic OH excluding ortho intramolecular Hbond substituents is 5. The van der Waals surface area contributed by atoms with Crippen molar-refractivity contribution < 1.29 is 110 Å². The number of aromatic hydroxyl groups is 6. The highest BCUT2D eigenvalue weighted by Gasteiger charge is 2.29. The van der Waals surface area contributed by atoms with E-state index < -0.39 is 62.7 Å². The van der Waals surface area contributed by atoms with Crippen molar-refractivity contribution in [2.75, 3.05) is 47.8 Å². The summed E-state index contributed by atoms with van der Waals surface area (Å²) in [6.45, 7) is 15.8. The van der Waals surface area contributed by atoms with E-state index in [2.05, 4.69) is 55.4 Å². The Morgan fingerprint density at radius 3 is 1.42 bits per heavy atom. The van der Waals surface area contributed by atoms with Crippen molar-refractivity contribution in [2.45, 2.75) is 118 Å². The average molecular weight is 1040 g/mol. The summed E-state index contributed by atoms with van der Waals surface area (Å²) in [5.74, 6) is -1.53. The summed E-state index contributed by atoms with van der Waals surface area (Å²) in [6, 6.07) is 14.4. The molecule has 4 aromatic rings. The number of rotatable bonds is 19.